The lowest BCUT2D eigenvalue weighted by Gasteiger charge is -2.39. The van der Waals surface area contributed by atoms with Crippen LogP contribution in [-0.2, 0) is 4.74 Å². The lowest BCUT2D eigenvalue weighted by Crippen LogP contribution is -2.53. The highest BCUT2D eigenvalue weighted by Gasteiger charge is 2.33. The third-order valence-electron chi connectivity index (χ3n) is 5.10. The van der Waals surface area contributed by atoms with Gasteiger partial charge in [0.1, 0.15) is 6.33 Å². The molecule has 1 aromatic carbocycles. The van der Waals surface area contributed by atoms with Crippen LogP contribution in [0, 0.1) is 0 Å². The van der Waals surface area contributed by atoms with Gasteiger partial charge in [-0.15, -0.1) is 0 Å². The minimum absolute atomic E-state index is 0.0698. The molecule has 1 aromatic heterocycles. The van der Waals surface area contributed by atoms with Crippen LogP contribution in [0.4, 0.5) is 5.69 Å². The molecule has 0 amide bonds. The van der Waals surface area contributed by atoms with Crippen molar-refractivity contribution in [1.29, 1.82) is 0 Å². The molecule has 2 saturated heterocycles. The number of rotatable bonds is 4. The second kappa shape index (κ2) is 7.34. The van der Waals surface area contributed by atoms with E-state index in [2.05, 4.69) is 31.9 Å². The molecule has 140 valence electrons. The van der Waals surface area contributed by atoms with Gasteiger partial charge in [-0.2, -0.15) is 0 Å². The number of aliphatic hydroxyl groups is 1. The van der Waals surface area contributed by atoms with Gasteiger partial charge in [-0.3, -0.25) is 4.90 Å². The summed E-state index contributed by atoms with van der Waals surface area (Å²) >= 11 is 0. The van der Waals surface area contributed by atoms with Crippen molar-refractivity contribution in [3.63, 3.8) is 0 Å². The highest BCUT2D eigenvalue weighted by molar-refractivity contribution is 5.86. The van der Waals surface area contributed by atoms with Gasteiger partial charge in [-0.05, 0) is 32.0 Å². The SMILES string of the molecule is CC(C)Oc1ncnc2ccc(N3CCN(C4COCC4O)CC3)cc12. The molecule has 2 aromatic rings. The topological polar surface area (TPSA) is 71.0 Å². The minimum Gasteiger partial charge on any atom is -0.474 e. The Labute approximate surface area is 153 Å². The summed E-state index contributed by atoms with van der Waals surface area (Å²) < 4.78 is 11.2. The van der Waals surface area contributed by atoms with Crippen LogP contribution in [0.3, 0.4) is 0 Å². The summed E-state index contributed by atoms with van der Waals surface area (Å²) in [4.78, 5) is 13.4. The number of hydrogen-bond acceptors (Lipinski definition) is 7. The molecule has 0 spiro atoms. The second-order valence-electron chi connectivity index (χ2n) is 7.24. The molecule has 4 rings (SSSR count). The van der Waals surface area contributed by atoms with Gasteiger partial charge in [-0.25, -0.2) is 9.97 Å². The predicted molar refractivity (Wildman–Crippen MR) is 99.7 cm³/mol. The van der Waals surface area contributed by atoms with Gasteiger partial charge in [0.15, 0.2) is 0 Å². The Bertz CT molecular complexity index is 762. The zero-order valence-electron chi connectivity index (χ0n) is 15.3. The molecular weight excluding hydrogens is 332 g/mol. The maximum absolute atomic E-state index is 10.0. The molecule has 0 bridgehead atoms. The number of fused-ring (bicyclic) bond motifs is 1. The third kappa shape index (κ3) is 3.47. The lowest BCUT2D eigenvalue weighted by atomic mass is 10.1. The number of aromatic nitrogens is 2. The van der Waals surface area contributed by atoms with Gasteiger partial charge >= 0.3 is 0 Å². The van der Waals surface area contributed by atoms with Gasteiger partial charge in [0.2, 0.25) is 5.88 Å². The Balaban J connectivity index is 1.50. The van der Waals surface area contributed by atoms with Crippen LogP contribution in [0.2, 0.25) is 0 Å². The number of ether oxygens (including phenoxy) is 2. The molecule has 2 aliphatic heterocycles. The lowest BCUT2D eigenvalue weighted by molar-refractivity contribution is 0.0785. The quantitative estimate of drug-likeness (QED) is 0.883. The van der Waals surface area contributed by atoms with Gasteiger partial charge in [0.05, 0.1) is 42.4 Å². The van der Waals surface area contributed by atoms with E-state index in [4.69, 9.17) is 9.47 Å². The summed E-state index contributed by atoms with van der Waals surface area (Å²) in [6.45, 7) is 8.76. The second-order valence-corrected chi connectivity index (χ2v) is 7.24. The molecule has 0 saturated carbocycles. The summed E-state index contributed by atoms with van der Waals surface area (Å²) in [7, 11) is 0. The highest BCUT2D eigenvalue weighted by atomic mass is 16.5. The summed E-state index contributed by atoms with van der Waals surface area (Å²) in [5.74, 6) is 0.636. The highest BCUT2D eigenvalue weighted by Crippen LogP contribution is 2.28. The van der Waals surface area contributed by atoms with Crippen LogP contribution in [0.5, 0.6) is 5.88 Å². The van der Waals surface area contributed by atoms with Crippen LogP contribution in [0.1, 0.15) is 13.8 Å². The van der Waals surface area contributed by atoms with E-state index in [1.807, 2.05) is 19.9 Å². The van der Waals surface area contributed by atoms with Crippen molar-refractivity contribution in [3.8, 4) is 5.88 Å². The van der Waals surface area contributed by atoms with Gasteiger partial charge in [0.25, 0.3) is 0 Å². The van der Waals surface area contributed by atoms with E-state index >= 15 is 0 Å². The van der Waals surface area contributed by atoms with E-state index in [0.717, 1.165) is 42.8 Å². The normalized spacial score (nSPS) is 24.5. The van der Waals surface area contributed by atoms with Crippen molar-refractivity contribution in [2.24, 2.45) is 0 Å². The summed E-state index contributed by atoms with van der Waals surface area (Å²) in [5.41, 5.74) is 2.05. The number of nitrogens with zero attached hydrogens (tertiary/aromatic N) is 4. The fraction of sp³-hybridized carbons (Fsp3) is 0.579. The third-order valence-corrected chi connectivity index (χ3v) is 5.10. The van der Waals surface area contributed by atoms with E-state index in [0.29, 0.717) is 19.1 Å². The fourth-order valence-corrected chi connectivity index (χ4v) is 3.73. The van der Waals surface area contributed by atoms with E-state index in [1.165, 1.54) is 0 Å². The fourth-order valence-electron chi connectivity index (χ4n) is 3.73. The summed E-state index contributed by atoms with van der Waals surface area (Å²) in [6.07, 6.45) is 1.25. The van der Waals surface area contributed by atoms with Crippen molar-refractivity contribution in [2.75, 3.05) is 44.3 Å². The van der Waals surface area contributed by atoms with Crippen molar-refractivity contribution in [1.82, 2.24) is 14.9 Å². The van der Waals surface area contributed by atoms with Crippen molar-refractivity contribution < 1.29 is 14.6 Å². The van der Waals surface area contributed by atoms with Crippen LogP contribution >= 0.6 is 0 Å². The Morgan fingerprint density at radius 1 is 1.15 bits per heavy atom. The van der Waals surface area contributed by atoms with E-state index in [9.17, 15) is 5.11 Å². The molecule has 2 fully saturated rings. The van der Waals surface area contributed by atoms with Crippen LogP contribution in [0.25, 0.3) is 10.9 Å². The maximum atomic E-state index is 10.0. The first-order valence-corrected chi connectivity index (χ1v) is 9.28. The Morgan fingerprint density at radius 2 is 1.96 bits per heavy atom. The monoisotopic (exact) mass is 358 g/mol. The van der Waals surface area contributed by atoms with Crippen molar-refractivity contribution >= 4 is 16.6 Å². The molecule has 2 unspecified atom stereocenters. The molecule has 0 aliphatic carbocycles. The molecule has 7 nitrogen and oxygen atoms in total. The number of benzene rings is 1. The molecule has 2 atom stereocenters. The standard InChI is InChI=1S/C19H26N4O3/c1-13(2)26-19-15-9-14(3-4-16(15)20-12-21-19)22-5-7-23(8-6-22)17-10-25-11-18(17)24/h3-4,9,12-13,17-18,24H,5-8,10-11H2,1-2H3. The molecule has 0 radical (unpaired) electrons. The smallest absolute Gasteiger partial charge is 0.224 e. The minimum atomic E-state index is -0.366. The summed E-state index contributed by atoms with van der Waals surface area (Å²) in [6, 6.07) is 6.39. The average molecular weight is 358 g/mol. The van der Waals surface area contributed by atoms with Crippen LogP contribution in [-0.4, -0.2) is 77.6 Å². The zero-order chi connectivity index (χ0) is 18.1. The van der Waals surface area contributed by atoms with Gasteiger partial charge in [-0.1, -0.05) is 0 Å². The zero-order valence-corrected chi connectivity index (χ0v) is 15.3. The maximum Gasteiger partial charge on any atom is 0.224 e. The first-order valence-electron chi connectivity index (χ1n) is 9.28. The van der Waals surface area contributed by atoms with Crippen LogP contribution in [0.15, 0.2) is 24.5 Å². The molecule has 2 aliphatic rings. The largest absolute Gasteiger partial charge is 0.474 e. The predicted octanol–water partition coefficient (Wildman–Crippen LogP) is 1.30. The number of anilines is 1. The number of aliphatic hydroxyl groups excluding tert-OH is 1. The first kappa shape index (κ1) is 17.5. The molecule has 26 heavy (non-hydrogen) atoms. The Hall–Kier alpha value is -1.96. The van der Waals surface area contributed by atoms with E-state index in [-0.39, 0.29) is 18.2 Å². The molecule has 7 heteroatoms. The Kier molecular flexibility index (Phi) is 4.93. The number of hydrogen-bond donors (Lipinski definition) is 1. The first-order chi connectivity index (χ1) is 12.6. The molecule has 1 N–H and O–H groups in total. The summed E-state index contributed by atoms with van der Waals surface area (Å²) in [5, 5.41) is 11.0. The number of piperazine rings is 1. The Morgan fingerprint density at radius 3 is 2.65 bits per heavy atom. The van der Waals surface area contributed by atoms with Gasteiger partial charge in [0, 0.05) is 31.9 Å². The molecular formula is C19H26N4O3. The van der Waals surface area contributed by atoms with E-state index in [1.54, 1.807) is 6.33 Å². The van der Waals surface area contributed by atoms with E-state index < -0.39 is 0 Å². The average Bonchev–Trinajstić information content (AvgIpc) is 3.07. The van der Waals surface area contributed by atoms with Crippen molar-refractivity contribution in [2.45, 2.75) is 32.1 Å². The van der Waals surface area contributed by atoms with Crippen LogP contribution < -0.4 is 9.64 Å². The van der Waals surface area contributed by atoms with Gasteiger partial charge < -0.3 is 19.5 Å². The van der Waals surface area contributed by atoms with Crippen molar-refractivity contribution in [3.05, 3.63) is 24.5 Å². The molecule has 3 heterocycles.